The van der Waals surface area contributed by atoms with Gasteiger partial charge in [-0.2, -0.15) is 13.2 Å². The van der Waals surface area contributed by atoms with Crippen LogP contribution in [0.5, 0.6) is 5.75 Å². The number of Topliss-reactive ketones (excluding diaryl/α,β-unsaturated/α-hetero) is 1. The summed E-state index contributed by atoms with van der Waals surface area (Å²) < 4.78 is 44.3. The highest BCUT2D eigenvalue weighted by Crippen LogP contribution is 2.43. The van der Waals surface area contributed by atoms with Crippen molar-refractivity contribution in [2.45, 2.75) is 31.9 Å². The highest BCUT2D eigenvalue weighted by Gasteiger charge is 2.48. The number of methoxy groups -OCH3 is 1. The Bertz CT molecular complexity index is 482. The maximum Gasteiger partial charge on any atom is 0.392 e. The molecule has 0 radical (unpaired) electrons. The third kappa shape index (κ3) is 2.97. The first-order valence-electron chi connectivity index (χ1n) is 6.69. The predicted molar refractivity (Wildman–Crippen MR) is 68.8 cm³/mol. The molecule has 1 aliphatic rings. The smallest absolute Gasteiger partial charge is 0.392 e. The van der Waals surface area contributed by atoms with E-state index >= 15 is 0 Å². The lowest BCUT2D eigenvalue weighted by molar-refractivity contribution is -0.190. The van der Waals surface area contributed by atoms with E-state index in [1.54, 1.807) is 18.2 Å². The minimum atomic E-state index is -4.32. The third-order valence-corrected chi connectivity index (χ3v) is 3.90. The number of para-hydroxylation sites is 1. The SMILES string of the molecule is COc1ccccc1C(=O)C1CCCCC1C(F)(F)F. The molecule has 1 saturated carbocycles. The molecule has 2 unspecified atom stereocenters. The van der Waals surface area contributed by atoms with Crippen LogP contribution in [-0.4, -0.2) is 19.1 Å². The van der Waals surface area contributed by atoms with Crippen LogP contribution >= 0.6 is 0 Å². The number of hydrogen-bond acceptors (Lipinski definition) is 2. The van der Waals surface area contributed by atoms with Gasteiger partial charge in [0.15, 0.2) is 5.78 Å². The van der Waals surface area contributed by atoms with Gasteiger partial charge in [-0.05, 0) is 25.0 Å². The van der Waals surface area contributed by atoms with Crippen LogP contribution in [0.2, 0.25) is 0 Å². The van der Waals surface area contributed by atoms with Crippen LogP contribution in [0.1, 0.15) is 36.0 Å². The van der Waals surface area contributed by atoms with E-state index in [-0.39, 0.29) is 12.0 Å². The number of carbonyl (C=O) groups is 1. The molecule has 0 bridgehead atoms. The van der Waals surface area contributed by atoms with Crippen molar-refractivity contribution in [3.63, 3.8) is 0 Å². The normalized spacial score (nSPS) is 23.4. The highest BCUT2D eigenvalue weighted by molar-refractivity contribution is 6.00. The van der Waals surface area contributed by atoms with Crippen molar-refractivity contribution >= 4 is 5.78 Å². The minimum Gasteiger partial charge on any atom is -0.496 e. The fourth-order valence-corrected chi connectivity index (χ4v) is 2.88. The molecule has 0 aromatic heterocycles. The molecule has 0 amide bonds. The molecule has 0 saturated heterocycles. The van der Waals surface area contributed by atoms with E-state index in [0.29, 0.717) is 25.0 Å². The van der Waals surface area contributed by atoms with Crippen LogP contribution in [-0.2, 0) is 0 Å². The number of hydrogen-bond donors (Lipinski definition) is 0. The predicted octanol–water partition coefficient (Wildman–Crippen LogP) is 4.25. The Kier molecular flexibility index (Phi) is 4.35. The third-order valence-electron chi connectivity index (χ3n) is 3.90. The zero-order valence-electron chi connectivity index (χ0n) is 11.2. The van der Waals surface area contributed by atoms with Gasteiger partial charge in [0.1, 0.15) is 5.75 Å². The van der Waals surface area contributed by atoms with Crippen LogP contribution in [0, 0.1) is 11.8 Å². The fraction of sp³-hybridized carbons (Fsp3) is 0.533. The minimum absolute atomic E-state index is 0.0368. The first kappa shape index (κ1) is 14.9. The number of ketones is 1. The van der Waals surface area contributed by atoms with E-state index in [4.69, 9.17) is 4.74 Å². The van der Waals surface area contributed by atoms with E-state index < -0.39 is 23.8 Å². The fourth-order valence-electron chi connectivity index (χ4n) is 2.88. The Hall–Kier alpha value is -1.52. The molecule has 1 aliphatic carbocycles. The Morgan fingerprint density at radius 2 is 1.85 bits per heavy atom. The largest absolute Gasteiger partial charge is 0.496 e. The molecule has 1 aromatic carbocycles. The molecule has 0 heterocycles. The molecule has 2 nitrogen and oxygen atoms in total. The molecule has 1 fully saturated rings. The molecule has 0 aliphatic heterocycles. The van der Waals surface area contributed by atoms with E-state index in [2.05, 4.69) is 0 Å². The summed E-state index contributed by atoms with van der Waals surface area (Å²) >= 11 is 0. The molecule has 0 spiro atoms. The zero-order valence-corrected chi connectivity index (χ0v) is 11.2. The number of alkyl halides is 3. The molecule has 2 rings (SSSR count). The summed E-state index contributed by atoms with van der Waals surface area (Å²) in [5, 5.41) is 0. The quantitative estimate of drug-likeness (QED) is 0.777. The molecule has 1 aromatic rings. The summed E-state index contributed by atoms with van der Waals surface area (Å²) in [5.74, 6) is -2.64. The van der Waals surface area contributed by atoms with Gasteiger partial charge in [-0.15, -0.1) is 0 Å². The topological polar surface area (TPSA) is 26.3 Å². The van der Waals surface area contributed by atoms with Crippen LogP contribution < -0.4 is 4.74 Å². The zero-order chi connectivity index (χ0) is 14.8. The molecular weight excluding hydrogens is 269 g/mol. The molecule has 110 valence electrons. The number of carbonyl (C=O) groups excluding carboxylic acids is 1. The molecule has 2 atom stereocenters. The number of rotatable bonds is 3. The molecular formula is C15H17F3O2. The van der Waals surface area contributed by atoms with Gasteiger partial charge in [0.25, 0.3) is 0 Å². The summed E-state index contributed by atoms with van der Waals surface area (Å²) in [6, 6.07) is 6.46. The molecule has 0 N–H and O–H groups in total. The van der Waals surface area contributed by atoms with Crippen LogP contribution in [0.15, 0.2) is 24.3 Å². The monoisotopic (exact) mass is 286 g/mol. The lowest BCUT2D eigenvalue weighted by Crippen LogP contribution is -2.37. The van der Waals surface area contributed by atoms with Crippen molar-refractivity contribution in [2.24, 2.45) is 11.8 Å². The second-order valence-electron chi connectivity index (χ2n) is 5.10. The number of benzene rings is 1. The lowest BCUT2D eigenvalue weighted by Gasteiger charge is -2.32. The Morgan fingerprint density at radius 1 is 1.20 bits per heavy atom. The Labute approximate surface area is 115 Å². The van der Waals surface area contributed by atoms with Gasteiger partial charge in [-0.25, -0.2) is 0 Å². The van der Waals surface area contributed by atoms with Gasteiger partial charge >= 0.3 is 6.18 Å². The summed E-state index contributed by atoms with van der Waals surface area (Å²) in [6.07, 6.45) is -2.79. The maximum absolute atomic E-state index is 13.1. The van der Waals surface area contributed by atoms with Crippen LogP contribution in [0.25, 0.3) is 0 Å². The number of ether oxygens (including phenoxy) is 1. The van der Waals surface area contributed by atoms with Crippen molar-refractivity contribution in [1.29, 1.82) is 0 Å². The second kappa shape index (κ2) is 5.85. The van der Waals surface area contributed by atoms with Crippen LogP contribution in [0.3, 0.4) is 0 Å². The van der Waals surface area contributed by atoms with Gasteiger partial charge in [-0.3, -0.25) is 4.79 Å². The summed E-state index contributed by atoms with van der Waals surface area (Å²) in [4.78, 5) is 12.5. The van der Waals surface area contributed by atoms with Crippen molar-refractivity contribution < 1.29 is 22.7 Å². The van der Waals surface area contributed by atoms with Crippen molar-refractivity contribution in [1.82, 2.24) is 0 Å². The average molecular weight is 286 g/mol. The van der Waals surface area contributed by atoms with Gasteiger partial charge < -0.3 is 4.74 Å². The first-order chi connectivity index (χ1) is 9.45. The van der Waals surface area contributed by atoms with Gasteiger partial charge in [0, 0.05) is 5.92 Å². The summed E-state index contributed by atoms with van der Waals surface area (Å²) in [5.41, 5.74) is 0.246. The summed E-state index contributed by atoms with van der Waals surface area (Å²) in [6.45, 7) is 0. The molecule has 5 heteroatoms. The van der Waals surface area contributed by atoms with Crippen molar-refractivity contribution in [2.75, 3.05) is 7.11 Å². The number of halogens is 3. The van der Waals surface area contributed by atoms with Crippen molar-refractivity contribution in [3.05, 3.63) is 29.8 Å². The van der Waals surface area contributed by atoms with Gasteiger partial charge in [-0.1, -0.05) is 25.0 Å². The standard InChI is InChI=1S/C15H17F3O2/c1-20-13-9-5-3-7-11(13)14(19)10-6-2-4-8-12(10)15(16,17)18/h3,5,7,9-10,12H,2,4,6,8H2,1H3. The van der Waals surface area contributed by atoms with E-state index in [9.17, 15) is 18.0 Å². The lowest BCUT2D eigenvalue weighted by atomic mass is 9.75. The maximum atomic E-state index is 13.1. The van der Waals surface area contributed by atoms with Crippen molar-refractivity contribution in [3.8, 4) is 5.75 Å². The second-order valence-corrected chi connectivity index (χ2v) is 5.10. The Morgan fingerprint density at radius 3 is 2.50 bits per heavy atom. The van der Waals surface area contributed by atoms with Gasteiger partial charge in [0.2, 0.25) is 0 Å². The highest BCUT2D eigenvalue weighted by atomic mass is 19.4. The van der Waals surface area contributed by atoms with Crippen LogP contribution in [0.4, 0.5) is 13.2 Å². The van der Waals surface area contributed by atoms with E-state index in [1.807, 2.05) is 0 Å². The first-order valence-corrected chi connectivity index (χ1v) is 6.69. The van der Waals surface area contributed by atoms with E-state index in [0.717, 1.165) is 0 Å². The average Bonchev–Trinajstić information content (AvgIpc) is 2.45. The Balaban J connectivity index is 2.30. The van der Waals surface area contributed by atoms with E-state index in [1.165, 1.54) is 13.2 Å². The summed E-state index contributed by atoms with van der Waals surface area (Å²) in [7, 11) is 1.41. The molecule has 20 heavy (non-hydrogen) atoms. The van der Waals surface area contributed by atoms with Gasteiger partial charge in [0.05, 0.1) is 18.6 Å².